The molecule has 0 N–H and O–H groups in total. The van der Waals surface area contributed by atoms with Crippen LogP contribution in [0.1, 0.15) is 26.2 Å². The largest absolute Gasteiger partial charge is 0.291 e. The molecule has 0 aromatic heterocycles. The van der Waals surface area contributed by atoms with Crippen molar-refractivity contribution in [2.24, 2.45) is 0 Å². The number of hydrogen-bond acceptors (Lipinski definition) is 1. The summed E-state index contributed by atoms with van der Waals surface area (Å²) in [6.45, 7) is 2.09. The van der Waals surface area contributed by atoms with E-state index < -0.39 is 4.33 Å². The first-order valence-electron chi connectivity index (χ1n) is 3.72. The van der Waals surface area contributed by atoms with E-state index in [0.717, 1.165) is 24.8 Å². The molecular formula is C8H10Cl2O. The van der Waals surface area contributed by atoms with Gasteiger partial charge in [-0.15, -0.1) is 0 Å². The Hall–Kier alpha value is -0.0100. The fourth-order valence-corrected chi connectivity index (χ4v) is 1.42. The standard InChI is InChI=1S/C8H10Cl2O/c1-2-3-4-6-5-7(11)8(6,9)10/h5H,2-4H2,1H3. The van der Waals surface area contributed by atoms with Crippen LogP contribution in [-0.4, -0.2) is 10.1 Å². The minimum absolute atomic E-state index is 0.174. The van der Waals surface area contributed by atoms with Crippen LogP contribution in [0.2, 0.25) is 0 Å². The van der Waals surface area contributed by atoms with Crippen LogP contribution in [-0.2, 0) is 4.79 Å². The van der Waals surface area contributed by atoms with Gasteiger partial charge in [-0.1, -0.05) is 36.5 Å². The van der Waals surface area contributed by atoms with Crippen LogP contribution >= 0.6 is 23.2 Å². The Bertz CT molecular complexity index is 206. The number of carbonyl (C=O) groups excluding carboxylic acids is 1. The molecule has 1 aliphatic rings. The van der Waals surface area contributed by atoms with Crippen molar-refractivity contribution < 1.29 is 4.79 Å². The number of alkyl halides is 2. The zero-order chi connectivity index (χ0) is 8.48. The zero-order valence-corrected chi connectivity index (χ0v) is 7.87. The molecule has 0 spiro atoms. The third kappa shape index (κ3) is 1.60. The first-order valence-corrected chi connectivity index (χ1v) is 4.48. The third-order valence-corrected chi connectivity index (χ3v) is 2.68. The van der Waals surface area contributed by atoms with Gasteiger partial charge in [0.1, 0.15) is 0 Å². The molecule has 0 atom stereocenters. The number of hydrogen-bond donors (Lipinski definition) is 0. The number of rotatable bonds is 3. The molecule has 11 heavy (non-hydrogen) atoms. The predicted molar refractivity (Wildman–Crippen MR) is 47.1 cm³/mol. The SMILES string of the molecule is CCCCC1=CC(=O)C1(Cl)Cl. The highest BCUT2D eigenvalue weighted by Crippen LogP contribution is 2.41. The second kappa shape index (κ2) is 3.16. The van der Waals surface area contributed by atoms with Gasteiger partial charge in [-0.05, 0) is 24.5 Å². The van der Waals surface area contributed by atoms with Crippen molar-refractivity contribution in [1.29, 1.82) is 0 Å². The second-order valence-corrected chi connectivity index (χ2v) is 4.04. The van der Waals surface area contributed by atoms with E-state index in [1.54, 1.807) is 0 Å². The summed E-state index contributed by atoms with van der Waals surface area (Å²) in [7, 11) is 0. The molecule has 0 aromatic rings. The third-order valence-electron chi connectivity index (χ3n) is 1.82. The highest BCUT2D eigenvalue weighted by molar-refractivity contribution is 6.64. The molecule has 0 amide bonds. The number of carbonyl (C=O) groups is 1. The normalized spacial score (nSPS) is 21.0. The zero-order valence-electron chi connectivity index (χ0n) is 6.36. The van der Waals surface area contributed by atoms with Crippen LogP contribution in [0.25, 0.3) is 0 Å². The number of unbranched alkanes of at least 4 members (excludes halogenated alkanes) is 1. The molecule has 3 heteroatoms. The van der Waals surface area contributed by atoms with Gasteiger partial charge in [0, 0.05) is 0 Å². The summed E-state index contributed by atoms with van der Waals surface area (Å²) in [6.07, 6.45) is 4.51. The van der Waals surface area contributed by atoms with Crippen LogP contribution in [0.4, 0.5) is 0 Å². The molecule has 0 saturated carbocycles. The Morgan fingerprint density at radius 2 is 2.18 bits per heavy atom. The summed E-state index contributed by atoms with van der Waals surface area (Å²) >= 11 is 11.4. The summed E-state index contributed by atoms with van der Waals surface area (Å²) in [6, 6.07) is 0. The van der Waals surface area contributed by atoms with Gasteiger partial charge in [-0.2, -0.15) is 0 Å². The summed E-state index contributed by atoms with van der Waals surface area (Å²) in [5.41, 5.74) is 0.868. The minimum Gasteiger partial charge on any atom is -0.291 e. The summed E-state index contributed by atoms with van der Waals surface area (Å²) in [4.78, 5) is 10.8. The molecule has 1 aliphatic carbocycles. The molecule has 0 heterocycles. The lowest BCUT2D eigenvalue weighted by Crippen LogP contribution is -2.36. The van der Waals surface area contributed by atoms with E-state index in [4.69, 9.17) is 23.2 Å². The Balaban J connectivity index is 2.50. The molecule has 0 aromatic carbocycles. The molecule has 62 valence electrons. The smallest absolute Gasteiger partial charge is 0.201 e. The molecule has 0 aliphatic heterocycles. The average Bonchev–Trinajstić information content (AvgIpc) is 1.97. The van der Waals surface area contributed by atoms with Crippen molar-refractivity contribution in [3.05, 3.63) is 11.6 Å². The van der Waals surface area contributed by atoms with Gasteiger partial charge < -0.3 is 0 Å². The topological polar surface area (TPSA) is 17.1 Å². The number of halogens is 2. The Morgan fingerprint density at radius 1 is 1.55 bits per heavy atom. The van der Waals surface area contributed by atoms with Gasteiger partial charge >= 0.3 is 0 Å². The summed E-state index contributed by atoms with van der Waals surface area (Å²) < 4.78 is -1.19. The van der Waals surface area contributed by atoms with Gasteiger partial charge in [0.15, 0.2) is 5.78 Å². The highest BCUT2D eigenvalue weighted by atomic mass is 35.5. The molecular weight excluding hydrogens is 183 g/mol. The lowest BCUT2D eigenvalue weighted by molar-refractivity contribution is -0.116. The van der Waals surface area contributed by atoms with Gasteiger partial charge in [-0.25, -0.2) is 0 Å². The molecule has 0 bridgehead atoms. The van der Waals surface area contributed by atoms with Crippen molar-refractivity contribution in [2.45, 2.75) is 30.5 Å². The number of ketones is 1. The molecule has 0 radical (unpaired) electrons. The van der Waals surface area contributed by atoms with Crippen molar-refractivity contribution in [1.82, 2.24) is 0 Å². The van der Waals surface area contributed by atoms with E-state index in [1.807, 2.05) is 0 Å². The van der Waals surface area contributed by atoms with Crippen molar-refractivity contribution in [3.8, 4) is 0 Å². The first kappa shape index (κ1) is 9.08. The lowest BCUT2D eigenvalue weighted by atomic mass is 9.91. The maximum atomic E-state index is 10.8. The van der Waals surface area contributed by atoms with Gasteiger partial charge in [0.05, 0.1) is 0 Å². The van der Waals surface area contributed by atoms with E-state index in [2.05, 4.69) is 6.92 Å². The summed E-state index contributed by atoms with van der Waals surface area (Å²) in [5.74, 6) is -0.174. The van der Waals surface area contributed by atoms with Gasteiger partial charge in [0.25, 0.3) is 0 Å². The second-order valence-electron chi connectivity index (χ2n) is 2.71. The molecule has 0 fully saturated rings. The fraction of sp³-hybridized carbons (Fsp3) is 0.625. The highest BCUT2D eigenvalue weighted by Gasteiger charge is 2.43. The maximum Gasteiger partial charge on any atom is 0.201 e. The monoisotopic (exact) mass is 192 g/mol. The first-order chi connectivity index (χ1) is 5.09. The summed E-state index contributed by atoms with van der Waals surface area (Å²) in [5, 5.41) is 0. The molecule has 0 saturated heterocycles. The van der Waals surface area contributed by atoms with E-state index in [-0.39, 0.29) is 5.78 Å². The van der Waals surface area contributed by atoms with Crippen molar-refractivity contribution in [2.75, 3.05) is 0 Å². The van der Waals surface area contributed by atoms with E-state index >= 15 is 0 Å². The molecule has 0 unspecified atom stereocenters. The average molecular weight is 193 g/mol. The predicted octanol–water partition coefficient (Wildman–Crippen LogP) is 2.86. The van der Waals surface area contributed by atoms with E-state index in [1.165, 1.54) is 6.08 Å². The van der Waals surface area contributed by atoms with E-state index in [0.29, 0.717) is 0 Å². The minimum atomic E-state index is -1.19. The Kier molecular flexibility index (Phi) is 2.61. The molecule has 1 nitrogen and oxygen atoms in total. The van der Waals surface area contributed by atoms with Crippen LogP contribution < -0.4 is 0 Å². The van der Waals surface area contributed by atoms with Crippen molar-refractivity contribution in [3.63, 3.8) is 0 Å². The Labute approximate surface area is 76.4 Å². The lowest BCUT2D eigenvalue weighted by Gasteiger charge is -2.28. The maximum absolute atomic E-state index is 10.8. The quantitative estimate of drug-likeness (QED) is 0.629. The van der Waals surface area contributed by atoms with Crippen LogP contribution in [0, 0.1) is 0 Å². The number of allylic oxidation sites excluding steroid dienone is 2. The van der Waals surface area contributed by atoms with E-state index in [9.17, 15) is 4.79 Å². The molecule has 1 rings (SSSR count). The van der Waals surface area contributed by atoms with Gasteiger partial charge in [0.2, 0.25) is 4.33 Å². The fourth-order valence-electron chi connectivity index (χ4n) is 1.02. The van der Waals surface area contributed by atoms with Crippen molar-refractivity contribution >= 4 is 29.0 Å². The van der Waals surface area contributed by atoms with Crippen LogP contribution in [0.15, 0.2) is 11.6 Å². The van der Waals surface area contributed by atoms with Crippen LogP contribution in [0.5, 0.6) is 0 Å². The Morgan fingerprint density at radius 3 is 2.55 bits per heavy atom. The van der Waals surface area contributed by atoms with Crippen LogP contribution in [0.3, 0.4) is 0 Å². The van der Waals surface area contributed by atoms with Gasteiger partial charge in [-0.3, -0.25) is 4.79 Å².